The van der Waals surface area contributed by atoms with Crippen LogP contribution in [0, 0.1) is 20.8 Å². The number of hydrogen-bond acceptors (Lipinski definition) is 4. The number of aryl methyl sites for hydroxylation is 3. The van der Waals surface area contributed by atoms with Crippen LogP contribution in [0.5, 0.6) is 5.75 Å². The molecule has 0 saturated heterocycles. The number of rotatable bonds is 6. The van der Waals surface area contributed by atoms with Crippen LogP contribution in [0.25, 0.3) is 0 Å². The number of sulfonamides is 1. The molecule has 26 heavy (non-hydrogen) atoms. The Kier molecular flexibility index (Phi) is 6.08. The van der Waals surface area contributed by atoms with Gasteiger partial charge in [0, 0.05) is 0 Å². The molecule has 0 atom stereocenters. The van der Waals surface area contributed by atoms with Gasteiger partial charge in [0.15, 0.2) is 6.61 Å². The van der Waals surface area contributed by atoms with Crippen molar-refractivity contribution in [3.05, 3.63) is 58.7 Å². The number of nitrogens with one attached hydrogen (secondary N) is 1. The quantitative estimate of drug-likeness (QED) is 0.837. The third-order valence-corrected chi connectivity index (χ3v) is 5.55. The maximum atomic E-state index is 12.5. The number of carbonyl (C=O) groups is 1. The third-order valence-electron chi connectivity index (χ3n) is 4.03. The first-order valence-electron chi connectivity index (χ1n) is 8.46. The molecule has 0 aliphatic carbocycles. The van der Waals surface area contributed by atoms with Crippen LogP contribution < -0.4 is 9.46 Å². The second-order valence-electron chi connectivity index (χ2n) is 6.78. The first-order valence-corrected chi connectivity index (χ1v) is 9.94. The second kappa shape index (κ2) is 7.91. The van der Waals surface area contributed by atoms with Crippen LogP contribution in [-0.4, -0.2) is 20.9 Å². The Labute approximate surface area is 155 Å². The Hall–Kier alpha value is -2.34. The third kappa shape index (κ3) is 4.85. The number of benzene rings is 2. The van der Waals surface area contributed by atoms with E-state index in [0.29, 0.717) is 11.3 Å². The molecule has 0 unspecified atom stereocenters. The number of amides is 1. The van der Waals surface area contributed by atoms with Crippen LogP contribution in [0.2, 0.25) is 0 Å². The molecule has 2 rings (SSSR count). The molecule has 0 aromatic heterocycles. The molecule has 140 valence electrons. The van der Waals surface area contributed by atoms with Gasteiger partial charge in [-0.25, -0.2) is 13.1 Å². The van der Waals surface area contributed by atoms with E-state index in [4.69, 9.17) is 4.74 Å². The molecule has 2 aromatic rings. The van der Waals surface area contributed by atoms with Crippen LogP contribution in [0.3, 0.4) is 0 Å². The second-order valence-corrected chi connectivity index (χ2v) is 8.43. The van der Waals surface area contributed by atoms with Gasteiger partial charge in [-0.15, -0.1) is 0 Å². The molecule has 0 fully saturated rings. The van der Waals surface area contributed by atoms with Crippen molar-refractivity contribution < 1.29 is 17.9 Å². The molecule has 0 heterocycles. The summed E-state index contributed by atoms with van der Waals surface area (Å²) < 4.78 is 32.6. The lowest BCUT2D eigenvalue weighted by molar-refractivity contribution is -0.121. The molecule has 2 aromatic carbocycles. The van der Waals surface area contributed by atoms with Gasteiger partial charge in [0.1, 0.15) is 5.75 Å². The summed E-state index contributed by atoms with van der Waals surface area (Å²) in [5.41, 5.74) is 3.37. The Balaban J connectivity index is 2.12. The predicted octanol–water partition coefficient (Wildman–Crippen LogP) is 3.62. The summed E-state index contributed by atoms with van der Waals surface area (Å²) in [6.45, 7) is 9.12. The van der Waals surface area contributed by atoms with Crippen molar-refractivity contribution in [2.45, 2.75) is 45.4 Å². The normalized spacial score (nSPS) is 11.5. The van der Waals surface area contributed by atoms with Gasteiger partial charge in [-0.05, 0) is 61.1 Å². The highest BCUT2D eigenvalue weighted by Crippen LogP contribution is 2.27. The number of hydrogen-bond donors (Lipinski definition) is 1. The zero-order valence-electron chi connectivity index (χ0n) is 15.8. The Morgan fingerprint density at radius 3 is 2.31 bits per heavy atom. The van der Waals surface area contributed by atoms with Crippen LogP contribution in [0.15, 0.2) is 41.3 Å². The first kappa shape index (κ1) is 20.0. The predicted molar refractivity (Wildman–Crippen MR) is 102 cm³/mol. The van der Waals surface area contributed by atoms with Crippen molar-refractivity contribution in [3.8, 4) is 5.75 Å². The van der Waals surface area contributed by atoms with Crippen molar-refractivity contribution in [1.82, 2.24) is 4.72 Å². The molecule has 0 spiro atoms. The number of carbonyl (C=O) groups excluding carboxylic acids is 1. The van der Waals surface area contributed by atoms with Crippen LogP contribution >= 0.6 is 0 Å². The molecule has 0 bridgehead atoms. The van der Waals surface area contributed by atoms with Crippen molar-refractivity contribution in [2.75, 3.05) is 6.61 Å². The van der Waals surface area contributed by atoms with E-state index in [0.717, 1.165) is 16.7 Å². The van der Waals surface area contributed by atoms with Gasteiger partial charge >= 0.3 is 0 Å². The van der Waals surface area contributed by atoms with Gasteiger partial charge in [-0.3, -0.25) is 4.79 Å². The minimum atomic E-state index is -3.93. The van der Waals surface area contributed by atoms with Gasteiger partial charge in [-0.1, -0.05) is 38.1 Å². The molecule has 6 heteroatoms. The molecule has 5 nitrogen and oxygen atoms in total. The maximum Gasteiger partial charge on any atom is 0.271 e. The van der Waals surface area contributed by atoms with Crippen LogP contribution in [0.4, 0.5) is 0 Å². The average molecular weight is 375 g/mol. The molecule has 0 aliphatic rings. The maximum absolute atomic E-state index is 12.5. The summed E-state index contributed by atoms with van der Waals surface area (Å²) in [6, 6.07) is 10.9. The Morgan fingerprint density at radius 2 is 1.65 bits per heavy atom. The van der Waals surface area contributed by atoms with Crippen LogP contribution in [-0.2, 0) is 14.8 Å². The summed E-state index contributed by atoms with van der Waals surface area (Å²) in [5.74, 6) is 0.119. The van der Waals surface area contributed by atoms with Gasteiger partial charge < -0.3 is 4.74 Å². The van der Waals surface area contributed by atoms with Crippen molar-refractivity contribution in [3.63, 3.8) is 0 Å². The van der Waals surface area contributed by atoms with E-state index >= 15 is 0 Å². The van der Waals surface area contributed by atoms with E-state index < -0.39 is 15.9 Å². The van der Waals surface area contributed by atoms with E-state index in [1.807, 2.05) is 45.0 Å². The standard InChI is InChI=1S/C20H25NO4S/c1-13(2)17-9-7-14(3)10-18(17)25-12-20(22)21-26(23,24)19-11-15(4)6-8-16(19)5/h6-11,13H,12H2,1-5H3,(H,21,22). The van der Waals surface area contributed by atoms with Gasteiger partial charge in [0.25, 0.3) is 15.9 Å². The lowest BCUT2D eigenvalue weighted by Gasteiger charge is -2.15. The Morgan fingerprint density at radius 1 is 1.04 bits per heavy atom. The molecule has 0 aliphatic heterocycles. The zero-order chi connectivity index (χ0) is 19.5. The molecular weight excluding hydrogens is 350 g/mol. The zero-order valence-corrected chi connectivity index (χ0v) is 16.6. The summed E-state index contributed by atoms with van der Waals surface area (Å²) in [7, 11) is -3.93. The van der Waals surface area contributed by atoms with Crippen molar-refractivity contribution in [1.29, 1.82) is 0 Å². The molecule has 0 radical (unpaired) electrons. The molecule has 1 amide bonds. The van der Waals surface area contributed by atoms with E-state index in [1.54, 1.807) is 26.0 Å². The summed E-state index contributed by atoms with van der Waals surface area (Å²) in [4.78, 5) is 12.3. The van der Waals surface area contributed by atoms with Crippen LogP contribution in [0.1, 0.15) is 42.0 Å². The van der Waals surface area contributed by atoms with Gasteiger partial charge in [0.05, 0.1) is 4.90 Å². The fraction of sp³-hybridized carbons (Fsp3) is 0.350. The molecular formula is C20H25NO4S. The van der Waals surface area contributed by atoms with E-state index in [9.17, 15) is 13.2 Å². The SMILES string of the molecule is Cc1ccc(C(C)C)c(OCC(=O)NS(=O)(=O)c2cc(C)ccc2C)c1. The van der Waals surface area contributed by atoms with Crippen molar-refractivity contribution in [2.24, 2.45) is 0 Å². The highest BCUT2D eigenvalue weighted by molar-refractivity contribution is 7.90. The molecule has 0 saturated carbocycles. The van der Waals surface area contributed by atoms with Gasteiger partial charge in [0.2, 0.25) is 0 Å². The minimum Gasteiger partial charge on any atom is -0.483 e. The van der Waals surface area contributed by atoms with E-state index in [-0.39, 0.29) is 17.4 Å². The number of ether oxygens (including phenoxy) is 1. The lowest BCUT2D eigenvalue weighted by Crippen LogP contribution is -2.34. The van der Waals surface area contributed by atoms with Gasteiger partial charge in [-0.2, -0.15) is 0 Å². The highest BCUT2D eigenvalue weighted by Gasteiger charge is 2.20. The lowest BCUT2D eigenvalue weighted by atomic mass is 10.0. The minimum absolute atomic E-state index is 0.101. The fourth-order valence-electron chi connectivity index (χ4n) is 2.62. The topological polar surface area (TPSA) is 72.5 Å². The van der Waals surface area contributed by atoms with E-state index in [1.165, 1.54) is 0 Å². The van der Waals surface area contributed by atoms with Crippen molar-refractivity contribution >= 4 is 15.9 Å². The summed E-state index contributed by atoms with van der Waals surface area (Å²) in [5, 5.41) is 0. The first-order chi connectivity index (χ1) is 12.1. The largest absolute Gasteiger partial charge is 0.483 e. The fourth-order valence-corrected chi connectivity index (χ4v) is 3.92. The van der Waals surface area contributed by atoms with E-state index in [2.05, 4.69) is 4.72 Å². The Bertz CT molecular complexity index is 917. The average Bonchev–Trinajstić information content (AvgIpc) is 2.54. The summed E-state index contributed by atoms with van der Waals surface area (Å²) >= 11 is 0. The smallest absolute Gasteiger partial charge is 0.271 e. The monoisotopic (exact) mass is 375 g/mol. The highest BCUT2D eigenvalue weighted by atomic mass is 32.2. The summed E-state index contributed by atoms with van der Waals surface area (Å²) in [6.07, 6.45) is 0. The molecule has 1 N–H and O–H groups in total.